The number of rotatable bonds is 5. The quantitative estimate of drug-likeness (QED) is 0.747. The van der Waals surface area contributed by atoms with E-state index >= 15 is 0 Å². The maximum atomic E-state index is 6.04. The van der Waals surface area contributed by atoms with E-state index < -0.39 is 0 Å². The highest BCUT2D eigenvalue weighted by Gasteiger charge is 2.20. The molecule has 0 amide bonds. The third-order valence-corrected chi connectivity index (χ3v) is 4.66. The van der Waals surface area contributed by atoms with Crippen molar-refractivity contribution < 1.29 is 9.47 Å². The van der Waals surface area contributed by atoms with Crippen LogP contribution in [0.2, 0.25) is 5.02 Å². The van der Waals surface area contributed by atoms with E-state index in [9.17, 15) is 0 Å². The molecule has 24 heavy (non-hydrogen) atoms. The lowest BCUT2D eigenvalue weighted by Gasteiger charge is -2.16. The van der Waals surface area contributed by atoms with Crippen LogP contribution in [-0.2, 0) is 6.54 Å². The summed E-state index contributed by atoms with van der Waals surface area (Å²) in [4.78, 5) is 0. The zero-order chi connectivity index (χ0) is 16.5. The van der Waals surface area contributed by atoms with E-state index in [0.29, 0.717) is 6.79 Å². The number of aromatic nitrogens is 1. The van der Waals surface area contributed by atoms with E-state index in [4.69, 9.17) is 21.1 Å². The molecule has 0 fully saturated rings. The van der Waals surface area contributed by atoms with Crippen molar-refractivity contribution in [2.45, 2.75) is 19.5 Å². The first kappa shape index (κ1) is 15.4. The molecule has 124 valence electrons. The number of nitrogens with zero attached hydrogens (tertiary/aromatic N) is 1. The van der Waals surface area contributed by atoms with Crippen molar-refractivity contribution in [3.63, 3.8) is 0 Å². The van der Waals surface area contributed by atoms with Crippen LogP contribution < -0.4 is 14.8 Å². The molecule has 4 rings (SSSR count). The molecule has 1 unspecified atom stereocenters. The summed E-state index contributed by atoms with van der Waals surface area (Å²) in [6.07, 6.45) is 2.10. The molecule has 0 bridgehead atoms. The van der Waals surface area contributed by atoms with E-state index in [1.165, 1.54) is 10.9 Å². The van der Waals surface area contributed by atoms with Gasteiger partial charge in [-0.3, -0.25) is 0 Å². The van der Waals surface area contributed by atoms with Gasteiger partial charge >= 0.3 is 0 Å². The van der Waals surface area contributed by atoms with Crippen molar-refractivity contribution in [2.75, 3.05) is 13.3 Å². The van der Waals surface area contributed by atoms with Gasteiger partial charge in [0.05, 0.1) is 0 Å². The standard InChI is InChI=1S/C19H19ClN2O2/c1-13(16-3-2-4-18-19(16)24-12-23-18)21-8-10-22-9-7-14-11-15(20)5-6-17(14)22/h2-7,9,11,13,21H,8,10,12H2,1H3. The molecule has 3 aromatic rings. The first-order valence-electron chi connectivity index (χ1n) is 8.08. The molecular formula is C19H19ClN2O2. The molecule has 2 aromatic carbocycles. The monoisotopic (exact) mass is 342 g/mol. The molecule has 1 aliphatic rings. The second-order valence-corrected chi connectivity index (χ2v) is 6.41. The third-order valence-electron chi connectivity index (χ3n) is 4.43. The summed E-state index contributed by atoms with van der Waals surface area (Å²) >= 11 is 6.04. The zero-order valence-electron chi connectivity index (χ0n) is 13.5. The van der Waals surface area contributed by atoms with Crippen LogP contribution in [0.5, 0.6) is 11.5 Å². The van der Waals surface area contributed by atoms with Crippen molar-refractivity contribution in [3.8, 4) is 11.5 Å². The summed E-state index contributed by atoms with van der Waals surface area (Å²) in [6.45, 7) is 4.20. The second-order valence-electron chi connectivity index (χ2n) is 5.97. The molecule has 1 atom stereocenters. The van der Waals surface area contributed by atoms with Crippen LogP contribution in [0.4, 0.5) is 0 Å². The first-order chi connectivity index (χ1) is 11.7. The fraction of sp³-hybridized carbons (Fsp3) is 0.263. The lowest BCUT2D eigenvalue weighted by atomic mass is 10.1. The zero-order valence-corrected chi connectivity index (χ0v) is 14.2. The lowest BCUT2D eigenvalue weighted by molar-refractivity contribution is 0.173. The minimum absolute atomic E-state index is 0.193. The summed E-state index contributed by atoms with van der Waals surface area (Å²) < 4.78 is 13.3. The van der Waals surface area contributed by atoms with E-state index in [1.807, 2.05) is 24.3 Å². The predicted octanol–water partition coefficient (Wildman–Crippen LogP) is 4.37. The SMILES string of the molecule is CC(NCCn1ccc2cc(Cl)ccc21)c1cccc2c1OCO2. The van der Waals surface area contributed by atoms with Gasteiger partial charge in [-0.15, -0.1) is 0 Å². The number of halogens is 1. The Kier molecular flexibility index (Phi) is 4.08. The minimum Gasteiger partial charge on any atom is -0.454 e. The summed E-state index contributed by atoms with van der Waals surface area (Å²) in [5.41, 5.74) is 2.33. The van der Waals surface area contributed by atoms with Gasteiger partial charge in [-0.25, -0.2) is 0 Å². The Bertz CT molecular complexity index is 875. The highest BCUT2D eigenvalue weighted by molar-refractivity contribution is 6.31. The van der Waals surface area contributed by atoms with Gasteiger partial charge in [0.15, 0.2) is 11.5 Å². The van der Waals surface area contributed by atoms with Gasteiger partial charge in [-0.05, 0) is 37.3 Å². The second kappa shape index (κ2) is 6.38. The molecule has 0 saturated heterocycles. The Balaban J connectivity index is 1.43. The number of benzene rings is 2. The number of para-hydroxylation sites is 1. The lowest BCUT2D eigenvalue weighted by Crippen LogP contribution is -2.23. The van der Waals surface area contributed by atoms with Gasteiger partial charge in [-0.1, -0.05) is 23.7 Å². The molecule has 0 aliphatic carbocycles. The van der Waals surface area contributed by atoms with Gasteiger partial charge in [0.1, 0.15) is 0 Å². The molecule has 0 saturated carbocycles. The minimum atomic E-state index is 0.193. The Labute approximate surface area is 145 Å². The fourth-order valence-corrected chi connectivity index (χ4v) is 3.35. The average Bonchev–Trinajstić information content (AvgIpc) is 3.21. The van der Waals surface area contributed by atoms with Crippen molar-refractivity contribution in [3.05, 3.63) is 59.2 Å². The molecule has 1 aliphatic heterocycles. The number of hydrogen-bond donors (Lipinski definition) is 1. The Morgan fingerprint density at radius 1 is 1.21 bits per heavy atom. The van der Waals surface area contributed by atoms with Gasteiger partial charge in [0.25, 0.3) is 0 Å². The third kappa shape index (κ3) is 2.83. The summed E-state index contributed by atoms with van der Waals surface area (Å²) in [7, 11) is 0. The molecule has 1 N–H and O–H groups in total. The summed E-state index contributed by atoms with van der Waals surface area (Å²) in [5, 5.41) is 5.50. The molecule has 5 heteroatoms. The van der Waals surface area contributed by atoms with Crippen LogP contribution in [-0.4, -0.2) is 17.9 Å². The van der Waals surface area contributed by atoms with Gasteiger partial charge in [0, 0.05) is 46.8 Å². The van der Waals surface area contributed by atoms with Crippen LogP contribution in [0.1, 0.15) is 18.5 Å². The Morgan fingerprint density at radius 2 is 2.12 bits per heavy atom. The number of fused-ring (bicyclic) bond motifs is 2. The van der Waals surface area contributed by atoms with E-state index in [2.05, 4.69) is 41.2 Å². The van der Waals surface area contributed by atoms with Crippen molar-refractivity contribution in [2.24, 2.45) is 0 Å². The predicted molar refractivity (Wildman–Crippen MR) is 95.9 cm³/mol. The topological polar surface area (TPSA) is 35.4 Å². The van der Waals surface area contributed by atoms with Crippen LogP contribution in [0.25, 0.3) is 10.9 Å². The number of ether oxygens (including phenoxy) is 2. The largest absolute Gasteiger partial charge is 0.454 e. The van der Waals surface area contributed by atoms with E-state index in [1.54, 1.807) is 0 Å². The van der Waals surface area contributed by atoms with E-state index in [-0.39, 0.29) is 6.04 Å². The van der Waals surface area contributed by atoms with Gasteiger partial charge in [-0.2, -0.15) is 0 Å². The molecule has 0 radical (unpaired) electrons. The summed E-state index contributed by atoms with van der Waals surface area (Å²) in [5.74, 6) is 1.69. The maximum Gasteiger partial charge on any atom is 0.231 e. The van der Waals surface area contributed by atoms with Crippen molar-refractivity contribution >= 4 is 22.5 Å². The van der Waals surface area contributed by atoms with Crippen molar-refractivity contribution in [1.82, 2.24) is 9.88 Å². The number of hydrogen-bond acceptors (Lipinski definition) is 3. The van der Waals surface area contributed by atoms with Crippen LogP contribution >= 0.6 is 11.6 Å². The Morgan fingerprint density at radius 3 is 3.04 bits per heavy atom. The highest BCUT2D eigenvalue weighted by Crippen LogP contribution is 2.38. The fourth-order valence-electron chi connectivity index (χ4n) is 3.17. The smallest absolute Gasteiger partial charge is 0.231 e. The number of nitrogens with one attached hydrogen (secondary N) is 1. The van der Waals surface area contributed by atoms with Gasteiger partial charge < -0.3 is 19.4 Å². The van der Waals surface area contributed by atoms with Crippen molar-refractivity contribution in [1.29, 1.82) is 0 Å². The first-order valence-corrected chi connectivity index (χ1v) is 8.46. The maximum absolute atomic E-state index is 6.04. The highest BCUT2D eigenvalue weighted by atomic mass is 35.5. The molecule has 2 heterocycles. The normalized spacial score (nSPS) is 14.2. The Hall–Kier alpha value is -2.17. The molecule has 0 spiro atoms. The molecular weight excluding hydrogens is 324 g/mol. The average molecular weight is 343 g/mol. The molecule has 4 nitrogen and oxygen atoms in total. The van der Waals surface area contributed by atoms with Crippen LogP contribution in [0, 0.1) is 0 Å². The van der Waals surface area contributed by atoms with Crippen LogP contribution in [0.15, 0.2) is 48.7 Å². The van der Waals surface area contributed by atoms with E-state index in [0.717, 1.165) is 35.2 Å². The summed E-state index contributed by atoms with van der Waals surface area (Å²) in [6, 6.07) is 14.3. The van der Waals surface area contributed by atoms with Crippen LogP contribution in [0.3, 0.4) is 0 Å². The van der Waals surface area contributed by atoms with Gasteiger partial charge in [0.2, 0.25) is 6.79 Å². The molecule has 1 aromatic heterocycles.